The van der Waals surface area contributed by atoms with Gasteiger partial charge in [0.2, 0.25) is 0 Å². The van der Waals surface area contributed by atoms with E-state index < -0.39 is 32.9 Å². The molecular weight excluding hydrogens is 1080 g/mol. The number of benzene rings is 8. The van der Waals surface area contributed by atoms with Crippen molar-refractivity contribution in [2.24, 2.45) is 0 Å². The molecule has 8 rings (SSSR count). The summed E-state index contributed by atoms with van der Waals surface area (Å²) in [6.45, 7) is 4.45. The van der Waals surface area contributed by atoms with Crippen molar-refractivity contribution in [2.45, 2.75) is 26.2 Å². The van der Waals surface area contributed by atoms with Gasteiger partial charge in [-0.2, -0.15) is 0 Å². The van der Waals surface area contributed by atoms with Gasteiger partial charge in [0.05, 0.1) is 12.3 Å². The summed E-state index contributed by atoms with van der Waals surface area (Å²) in [6, 6.07) is 84.1. The van der Waals surface area contributed by atoms with E-state index in [0.29, 0.717) is 0 Å². The van der Waals surface area contributed by atoms with E-state index in [0.717, 1.165) is 12.3 Å². The molecule has 0 spiro atoms. The Balaban J connectivity index is 0.000000199. The molecule has 0 fully saturated rings. The zero-order valence-electron chi connectivity index (χ0n) is 35.0. The normalized spacial score (nSPS) is 11.9. The topological polar surface area (TPSA) is 0 Å². The van der Waals surface area contributed by atoms with E-state index in [9.17, 15) is 0 Å². The standard InChI is InChI=1S/2C26H24P.8ClH.2Mn/c2*1-22-13-11-12-14-23(22)21-27(24-15-5-2-6-16-24,25-17-7-3-8-18-25)26-19-9-4-10-20-26;;;;;;;;;;/h2*2-20H,21H2,1H3;8*1H;;/q2*+1;;;;;;;;;2*+3/p-8. The molecule has 0 atom stereocenters. The van der Waals surface area contributed by atoms with Gasteiger partial charge in [-0.15, -0.1) is 0 Å². The van der Waals surface area contributed by atoms with Gasteiger partial charge in [-0.1, -0.05) is 158 Å². The molecule has 8 aromatic rings. The van der Waals surface area contributed by atoms with Crippen molar-refractivity contribution in [3.63, 3.8) is 0 Å². The molecule has 0 aliphatic carbocycles. The van der Waals surface area contributed by atoms with Crippen molar-refractivity contribution in [1.82, 2.24) is 0 Å². The summed E-state index contributed by atoms with van der Waals surface area (Å²) < 4.78 is 0. The summed E-state index contributed by atoms with van der Waals surface area (Å²) in [5.41, 5.74) is 5.60. The van der Waals surface area contributed by atoms with E-state index in [1.54, 1.807) is 0 Å². The molecule has 0 unspecified atom stereocenters. The van der Waals surface area contributed by atoms with Crippen molar-refractivity contribution in [1.29, 1.82) is 0 Å². The molecule has 0 aliphatic rings. The van der Waals surface area contributed by atoms with Crippen LogP contribution in [0.5, 0.6) is 0 Å². The zero-order valence-corrected chi connectivity index (χ0v) is 45.2. The second-order valence-corrected chi connectivity index (χ2v) is 44.8. The molecule has 8 aromatic carbocycles. The van der Waals surface area contributed by atoms with E-state index in [-0.39, 0.29) is 0 Å². The van der Waals surface area contributed by atoms with E-state index in [1.165, 1.54) is 54.1 Å². The van der Waals surface area contributed by atoms with Gasteiger partial charge in [0.1, 0.15) is 46.4 Å². The van der Waals surface area contributed by atoms with Gasteiger partial charge in [0.25, 0.3) is 0 Å². The van der Waals surface area contributed by atoms with Crippen LogP contribution < -0.4 is 31.8 Å². The first-order valence-electron chi connectivity index (χ1n) is 19.9. The number of halogens is 8. The van der Waals surface area contributed by atoms with Crippen LogP contribution in [-0.4, -0.2) is 0 Å². The molecule has 0 aliphatic heterocycles. The Morgan fingerprint density at radius 3 is 0.594 bits per heavy atom. The van der Waals surface area contributed by atoms with Crippen LogP contribution in [0.25, 0.3) is 0 Å². The Hall–Kier alpha value is -2.02. The Kier molecular flexibility index (Phi) is 21.4. The molecule has 0 saturated carbocycles. The number of aryl methyl sites for hydroxylation is 2. The molecule has 0 aromatic heterocycles. The van der Waals surface area contributed by atoms with Crippen molar-refractivity contribution in [2.75, 3.05) is 0 Å². The fourth-order valence-electron chi connectivity index (χ4n) is 7.62. The van der Waals surface area contributed by atoms with E-state index in [2.05, 4.69) is 244 Å². The van der Waals surface area contributed by atoms with Crippen molar-refractivity contribution in [3.05, 3.63) is 253 Å². The number of rotatable bonds is 10. The predicted octanol–water partition coefficient (Wildman–Crippen LogP) is 16.5. The van der Waals surface area contributed by atoms with Crippen LogP contribution in [0.1, 0.15) is 22.3 Å². The zero-order chi connectivity index (χ0) is 46.1. The van der Waals surface area contributed by atoms with E-state index in [1.807, 2.05) is 0 Å². The van der Waals surface area contributed by atoms with Gasteiger partial charge in [0, 0.05) is 0 Å². The first kappa shape index (κ1) is 52.9. The van der Waals surface area contributed by atoms with Gasteiger partial charge in [-0.25, -0.2) is 0 Å². The first-order valence-corrected chi connectivity index (χ1v) is 36.9. The number of hydrogen-bond acceptors (Lipinski definition) is 0. The average Bonchev–Trinajstić information content (AvgIpc) is 3.29. The molecule has 0 heterocycles. The first-order chi connectivity index (χ1) is 30.6. The third-order valence-corrected chi connectivity index (χ3v) is 19.2. The van der Waals surface area contributed by atoms with Crippen molar-refractivity contribution >= 4 is 127 Å². The second kappa shape index (κ2) is 25.9. The van der Waals surface area contributed by atoms with Crippen molar-refractivity contribution in [3.8, 4) is 0 Å². The fourth-order valence-corrected chi connectivity index (χ4v) is 16.3. The van der Waals surface area contributed by atoms with Gasteiger partial charge >= 0.3 is 99.2 Å². The van der Waals surface area contributed by atoms with Crippen LogP contribution in [0.15, 0.2) is 231 Å². The molecule has 0 nitrogen and oxygen atoms in total. The Bertz CT molecular complexity index is 2180. The van der Waals surface area contributed by atoms with Gasteiger partial charge in [-0.3, -0.25) is 0 Å². The molecule has 64 heavy (non-hydrogen) atoms. The van der Waals surface area contributed by atoms with Gasteiger partial charge < -0.3 is 0 Å². The fraction of sp³-hybridized carbons (Fsp3) is 0.0769. The molecule has 0 bridgehead atoms. The second-order valence-electron chi connectivity index (χ2n) is 14.4. The summed E-state index contributed by atoms with van der Waals surface area (Å²) in [5.74, 6) is 0. The van der Waals surface area contributed by atoms with E-state index >= 15 is 0 Å². The van der Waals surface area contributed by atoms with Crippen LogP contribution in [-0.2, 0) is 30.7 Å². The monoisotopic (exact) mass is 1120 g/mol. The summed E-state index contributed by atoms with van der Waals surface area (Å²) in [7, 11) is 30.7. The molecule has 336 valence electrons. The molecule has 0 amide bonds. The molecular formula is C52H48Cl8Mn2P2. The molecule has 0 N–H and O–H groups in total. The van der Waals surface area contributed by atoms with Crippen LogP contribution in [0.2, 0.25) is 0 Å². The van der Waals surface area contributed by atoms with Gasteiger partial charge in [-0.05, 0) is 109 Å². The minimum absolute atomic E-state index is 1.04. The Labute approximate surface area is 420 Å². The Morgan fingerprint density at radius 2 is 0.422 bits per heavy atom. The van der Waals surface area contributed by atoms with Crippen LogP contribution in [0.4, 0.5) is 0 Å². The SMILES string of the molecule is Cc1ccccc1C[P+](c1ccccc1)(c1ccccc1)c1ccccc1.Cc1ccccc1C[P+](c1ccccc1)(c1ccccc1)c1ccccc1.[Cl][Mn-]([Cl])([Cl])[Cl].[Cl][Mn-]([Cl])([Cl])[Cl]. The molecule has 0 radical (unpaired) electrons. The summed E-state index contributed by atoms with van der Waals surface area (Å²) in [5, 5.41) is 8.61. The number of hydrogen-bond donors (Lipinski definition) is 0. The van der Waals surface area contributed by atoms with Gasteiger partial charge in [0.15, 0.2) is 0 Å². The van der Waals surface area contributed by atoms with Crippen LogP contribution in [0, 0.1) is 13.8 Å². The quantitative estimate of drug-likeness (QED) is 0.0946. The predicted molar refractivity (Wildman–Crippen MR) is 287 cm³/mol. The molecule has 0 saturated heterocycles. The van der Waals surface area contributed by atoms with Crippen molar-refractivity contribution < 1.29 is 18.4 Å². The Morgan fingerprint density at radius 1 is 0.266 bits per heavy atom. The maximum absolute atomic E-state index is 4.97. The summed E-state index contributed by atoms with van der Waals surface area (Å²) in [6.07, 6.45) is 2.08. The molecule has 12 heteroatoms. The van der Waals surface area contributed by atoms with Crippen LogP contribution in [0.3, 0.4) is 0 Å². The van der Waals surface area contributed by atoms with Crippen LogP contribution >= 0.6 is 95.3 Å². The maximum atomic E-state index is 4.97. The summed E-state index contributed by atoms with van der Waals surface area (Å²) >= 11 is 0. The summed E-state index contributed by atoms with van der Waals surface area (Å²) in [4.78, 5) is 0. The van der Waals surface area contributed by atoms with E-state index in [4.69, 9.17) is 80.8 Å². The minimum atomic E-state index is -2.74. The average molecular weight is 1130 g/mol. The third kappa shape index (κ3) is 16.1. The third-order valence-electron chi connectivity index (χ3n) is 10.5.